The molecule has 0 aliphatic heterocycles. The van der Waals surface area contributed by atoms with E-state index in [0.717, 1.165) is 24.4 Å². The summed E-state index contributed by atoms with van der Waals surface area (Å²) < 4.78 is 1.88. The molecule has 19 heavy (non-hydrogen) atoms. The van der Waals surface area contributed by atoms with Gasteiger partial charge in [-0.25, -0.2) is 0 Å². The van der Waals surface area contributed by atoms with Crippen molar-refractivity contribution in [1.82, 2.24) is 9.78 Å². The van der Waals surface area contributed by atoms with E-state index in [1.54, 1.807) is 0 Å². The van der Waals surface area contributed by atoms with Crippen LogP contribution in [0, 0.1) is 11.3 Å². The fourth-order valence-corrected chi connectivity index (χ4v) is 2.35. The van der Waals surface area contributed by atoms with Crippen LogP contribution in [-0.2, 0) is 24.2 Å². The van der Waals surface area contributed by atoms with Gasteiger partial charge in [-0.3, -0.25) is 9.48 Å². The number of aryl methyl sites for hydroxylation is 2. The van der Waals surface area contributed by atoms with Gasteiger partial charge in [0.15, 0.2) is 0 Å². The van der Waals surface area contributed by atoms with E-state index in [4.69, 9.17) is 5.73 Å². The third-order valence-corrected chi connectivity index (χ3v) is 3.97. The Morgan fingerprint density at radius 1 is 1.53 bits per heavy atom. The van der Waals surface area contributed by atoms with Crippen LogP contribution in [0.3, 0.4) is 0 Å². The molecule has 0 spiro atoms. The molecule has 5 nitrogen and oxygen atoms in total. The number of carbonyl (C=O) groups is 1. The van der Waals surface area contributed by atoms with E-state index in [1.807, 2.05) is 38.4 Å². The number of nitrogens with two attached hydrogens (primary N) is 1. The van der Waals surface area contributed by atoms with Gasteiger partial charge >= 0.3 is 5.97 Å². The molecule has 1 atom stereocenters. The van der Waals surface area contributed by atoms with Gasteiger partial charge in [0.25, 0.3) is 0 Å². The molecule has 0 amide bonds. The molecule has 0 saturated carbocycles. The first kappa shape index (κ1) is 15.7. The molecule has 3 N–H and O–H groups in total. The first-order valence-corrected chi connectivity index (χ1v) is 6.90. The Bertz CT molecular complexity index is 440. The normalized spacial score (nSPS) is 14.6. The molecule has 0 radical (unpaired) electrons. The number of rotatable bonds is 7. The summed E-state index contributed by atoms with van der Waals surface area (Å²) in [7, 11) is 0. The summed E-state index contributed by atoms with van der Waals surface area (Å²) >= 11 is 0. The summed E-state index contributed by atoms with van der Waals surface area (Å²) in [6.07, 6.45) is 1.28. The zero-order valence-corrected chi connectivity index (χ0v) is 12.3. The van der Waals surface area contributed by atoms with Crippen molar-refractivity contribution < 1.29 is 9.90 Å². The lowest BCUT2D eigenvalue weighted by molar-refractivity contribution is -0.151. The van der Waals surface area contributed by atoms with Crippen LogP contribution < -0.4 is 5.73 Å². The van der Waals surface area contributed by atoms with E-state index in [2.05, 4.69) is 5.10 Å². The lowest BCUT2D eigenvalue weighted by Crippen LogP contribution is -2.45. The van der Waals surface area contributed by atoms with Crippen LogP contribution >= 0.6 is 0 Å². The van der Waals surface area contributed by atoms with Crippen LogP contribution in [0.4, 0.5) is 0 Å². The highest BCUT2D eigenvalue weighted by atomic mass is 16.4. The highest BCUT2D eigenvalue weighted by molar-refractivity contribution is 5.75. The van der Waals surface area contributed by atoms with Crippen LogP contribution in [0.5, 0.6) is 0 Å². The Labute approximate surface area is 114 Å². The average molecular weight is 267 g/mol. The molecule has 0 aliphatic carbocycles. The first-order valence-electron chi connectivity index (χ1n) is 6.90. The summed E-state index contributed by atoms with van der Waals surface area (Å²) in [6, 6.07) is 2.00. The highest BCUT2D eigenvalue weighted by Crippen LogP contribution is 2.31. The Kier molecular flexibility index (Phi) is 5.11. The van der Waals surface area contributed by atoms with Crippen molar-refractivity contribution in [3.05, 3.63) is 17.5 Å². The molecule has 1 unspecified atom stereocenters. The maximum Gasteiger partial charge on any atom is 0.311 e. The fourth-order valence-electron chi connectivity index (χ4n) is 2.35. The first-order chi connectivity index (χ1) is 8.91. The number of carboxylic acid groups (broad SMARTS) is 1. The summed E-state index contributed by atoms with van der Waals surface area (Å²) in [5.74, 6) is -0.854. The second kappa shape index (κ2) is 6.19. The number of hydrogen-bond acceptors (Lipinski definition) is 3. The lowest BCUT2D eigenvalue weighted by atomic mass is 9.73. The summed E-state index contributed by atoms with van der Waals surface area (Å²) in [6.45, 7) is 8.75. The number of nitrogens with zero attached hydrogens (tertiary/aromatic N) is 2. The third-order valence-electron chi connectivity index (χ3n) is 3.97. The van der Waals surface area contributed by atoms with Crippen molar-refractivity contribution in [2.45, 2.75) is 47.1 Å². The van der Waals surface area contributed by atoms with Gasteiger partial charge in [-0.05, 0) is 25.3 Å². The Morgan fingerprint density at radius 3 is 2.53 bits per heavy atom. The quantitative estimate of drug-likeness (QED) is 0.787. The van der Waals surface area contributed by atoms with Crippen LogP contribution in [0.15, 0.2) is 6.07 Å². The van der Waals surface area contributed by atoms with Gasteiger partial charge in [0, 0.05) is 25.2 Å². The van der Waals surface area contributed by atoms with E-state index in [9.17, 15) is 9.90 Å². The second-order valence-corrected chi connectivity index (χ2v) is 5.29. The van der Waals surface area contributed by atoms with Crippen LogP contribution in [-0.4, -0.2) is 27.4 Å². The Hall–Kier alpha value is -1.36. The molecule has 5 heteroatoms. The molecule has 1 aromatic heterocycles. The minimum absolute atomic E-state index is 0.0275. The predicted octanol–water partition coefficient (Wildman–Crippen LogP) is 1.69. The van der Waals surface area contributed by atoms with E-state index < -0.39 is 11.4 Å². The number of hydrogen-bond donors (Lipinski definition) is 2. The van der Waals surface area contributed by atoms with Crippen LogP contribution in [0.2, 0.25) is 0 Å². The molecule has 0 fully saturated rings. The summed E-state index contributed by atoms with van der Waals surface area (Å²) in [4.78, 5) is 11.7. The predicted molar refractivity (Wildman–Crippen MR) is 74.9 cm³/mol. The minimum Gasteiger partial charge on any atom is -0.481 e. The van der Waals surface area contributed by atoms with E-state index >= 15 is 0 Å². The fraction of sp³-hybridized carbons (Fsp3) is 0.714. The largest absolute Gasteiger partial charge is 0.481 e. The van der Waals surface area contributed by atoms with Gasteiger partial charge < -0.3 is 10.8 Å². The average Bonchev–Trinajstić information content (AvgIpc) is 2.77. The maximum absolute atomic E-state index is 11.7. The molecule has 0 bridgehead atoms. The summed E-state index contributed by atoms with van der Waals surface area (Å²) in [5, 5.41) is 14.0. The SMILES string of the molecule is CCc1cc(CC(CN)(C(=O)O)C(C)C)n(CC)n1. The van der Waals surface area contributed by atoms with Gasteiger partial charge in [0.1, 0.15) is 0 Å². The molecule has 108 valence electrons. The van der Waals surface area contributed by atoms with Crippen molar-refractivity contribution in [3.63, 3.8) is 0 Å². The standard InChI is InChI=1S/C14H25N3O2/c1-5-11-7-12(17(6-2)16-11)8-14(9-15,10(3)4)13(18)19/h7,10H,5-6,8-9,15H2,1-4H3,(H,18,19). The molecule has 1 heterocycles. The molecule has 1 aromatic rings. The van der Waals surface area contributed by atoms with Crippen molar-refractivity contribution in [1.29, 1.82) is 0 Å². The van der Waals surface area contributed by atoms with Gasteiger partial charge in [-0.15, -0.1) is 0 Å². The van der Waals surface area contributed by atoms with Crippen molar-refractivity contribution in [2.75, 3.05) is 6.54 Å². The lowest BCUT2D eigenvalue weighted by Gasteiger charge is -2.32. The molecule has 1 rings (SSSR count). The summed E-state index contributed by atoms with van der Waals surface area (Å²) in [5.41, 5.74) is 6.82. The second-order valence-electron chi connectivity index (χ2n) is 5.29. The van der Waals surface area contributed by atoms with Gasteiger partial charge in [-0.1, -0.05) is 20.8 Å². The van der Waals surface area contributed by atoms with Gasteiger partial charge in [-0.2, -0.15) is 5.10 Å². The molecule has 0 saturated heterocycles. The molecule has 0 aliphatic rings. The zero-order chi connectivity index (χ0) is 14.6. The van der Waals surface area contributed by atoms with Crippen molar-refractivity contribution in [3.8, 4) is 0 Å². The third kappa shape index (κ3) is 2.97. The van der Waals surface area contributed by atoms with Crippen molar-refractivity contribution >= 4 is 5.97 Å². The molecule has 0 aromatic carbocycles. The van der Waals surface area contributed by atoms with Crippen LogP contribution in [0.25, 0.3) is 0 Å². The monoisotopic (exact) mass is 267 g/mol. The topological polar surface area (TPSA) is 81.1 Å². The Morgan fingerprint density at radius 2 is 2.16 bits per heavy atom. The molecular formula is C14H25N3O2. The number of aliphatic carboxylic acids is 1. The Balaban J connectivity index is 3.16. The van der Waals surface area contributed by atoms with E-state index in [1.165, 1.54) is 0 Å². The number of aromatic nitrogens is 2. The smallest absolute Gasteiger partial charge is 0.311 e. The van der Waals surface area contributed by atoms with Crippen molar-refractivity contribution in [2.24, 2.45) is 17.1 Å². The maximum atomic E-state index is 11.7. The van der Waals surface area contributed by atoms with Gasteiger partial charge in [0.2, 0.25) is 0 Å². The van der Waals surface area contributed by atoms with Crippen LogP contribution in [0.1, 0.15) is 39.1 Å². The highest BCUT2D eigenvalue weighted by Gasteiger charge is 2.41. The van der Waals surface area contributed by atoms with E-state index in [0.29, 0.717) is 6.42 Å². The zero-order valence-electron chi connectivity index (χ0n) is 12.3. The van der Waals surface area contributed by atoms with E-state index in [-0.39, 0.29) is 12.5 Å². The number of carboxylic acids is 1. The molecular weight excluding hydrogens is 242 g/mol. The minimum atomic E-state index is -0.919. The van der Waals surface area contributed by atoms with Gasteiger partial charge in [0.05, 0.1) is 11.1 Å².